The van der Waals surface area contributed by atoms with E-state index < -0.39 is 0 Å². The molecule has 0 aliphatic carbocycles. The van der Waals surface area contributed by atoms with Crippen molar-refractivity contribution in [2.75, 3.05) is 39.5 Å². The summed E-state index contributed by atoms with van der Waals surface area (Å²) in [5.74, 6) is 1.03. The zero-order valence-electron chi connectivity index (χ0n) is 11.5. The predicted octanol–water partition coefficient (Wildman–Crippen LogP) is 0.987. The molecule has 1 aromatic rings. The molecule has 2 rings (SSSR count). The first-order valence-corrected chi connectivity index (χ1v) is 6.87. The molecule has 1 aliphatic heterocycles. The van der Waals surface area contributed by atoms with Crippen molar-refractivity contribution in [1.29, 1.82) is 0 Å². The number of aryl methyl sites for hydroxylation is 2. The van der Waals surface area contributed by atoms with E-state index in [2.05, 4.69) is 32.0 Å². The molecule has 1 fully saturated rings. The molecule has 0 saturated carbocycles. The van der Waals surface area contributed by atoms with Crippen molar-refractivity contribution in [3.63, 3.8) is 0 Å². The summed E-state index contributed by atoms with van der Waals surface area (Å²) in [6.45, 7) is 10.3. The molecule has 0 unspecified atom stereocenters. The van der Waals surface area contributed by atoms with Crippen LogP contribution in [0.4, 0.5) is 0 Å². The van der Waals surface area contributed by atoms with Gasteiger partial charge in [0.15, 0.2) is 0 Å². The standard InChI is InChI=1S/C15H23NO2/c1-13-4-5-15(14(2)12-13)18-9-3-6-16-7-10-17-11-8-16/h4-5,12H,3,6-11H2,1-2H3/p+1. The van der Waals surface area contributed by atoms with Crippen LogP contribution in [0.3, 0.4) is 0 Å². The first-order valence-electron chi connectivity index (χ1n) is 6.87. The van der Waals surface area contributed by atoms with Gasteiger partial charge in [-0.1, -0.05) is 17.7 Å². The average Bonchev–Trinajstić information content (AvgIpc) is 2.38. The monoisotopic (exact) mass is 250 g/mol. The number of rotatable bonds is 5. The van der Waals surface area contributed by atoms with Gasteiger partial charge in [-0.25, -0.2) is 0 Å². The number of morpholine rings is 1. The van der Waals surface area contributed by atoms with Gasteiger partial charge in [-0.3, -0.25) is 0 Å². The lowest BCUT2D eigenvalue weighted by Gasteiger charge is -2.23. The maximum Gasteiger partial charge on any atom is 0.122 e. The normalized spacial score (nSPS) is 16.8. The Labute approximate surface area is 110 Å². The van der Waals surface area contributed by atoms with Gasteiger partial charge >= 0.3 is 0 Å². The van der Waals surface area contributed by atoms with Gasteiger partial charge in [0.25, 0.3) is 0 Å². The second kappa shape index (κ2) is 6.76. The predicted molar refractivity (Wildman–Crippen MR) is 72.4 cm³/mol. The van der Waals surface area contributed by atoms with Crippen LogP contribution in [0.25, 0.3) is 0 Å². The Morgan fingerprint density at radius 2 is 2.00 bits per heavy atom. The Bertz CT molecular complexity index is 373. The summed E-state index contributed by atoms with van der Waals surface area (Å²) in [7, 11) is 0. The molecule has 100 valence electrons. The third kappa shape index (κ3) is 4.00. The van der Waals surface area contributed by atoms with Crippen LogP contribution in [0.5, 0.6) is 5.75 Å². The van der Waals surface area contributed by atoms with Crippen LogP contribution in [0.2, 0.25) is 0 Å². The molecule has 0 spiro atoms. The Kier molecular flexibility index (Phi) is 5.02. The van der Waals surface area contributed by atoms with E-state index in [0.29, 0.717) is 0 Å². The summed E-state index contributed by atoms with van der Waals surface area (Å²) in [6, 6.07) is 6.35. The average molecular weight is 250 g/mol. The third-order valence-electron chi connectivity index (χ3n) is 3.46. The minimum atomic E-state index is 0.814. The molecule has 0 atom stereocenters. The van der Waals surface area contributed by atoms with E-state index in [-0.39, 0.29) is 0 Å². The van der Waals surface area contributed by atoms with Gasteiger partial charge < -0.3 is 14.4 Å². The summed E-state index contributed by atoms with van der Waals surface area (Å²) >= 11 is 0. The van der Waals surface area contributed by atoms with Crippen LogP contribution < -0.4 is 9.64 Å². The fourth-order valence-electron chi connectivity index (χ4n) is 2.38. The summed E-state index contributed by atoms with van der Waals surface area (Å²) in [4.78, 5) is 1.64. The zero-order chi connectivity index (χ0) is 12.8. The highest BCUT2D eigenvalue weighted by molar-refractivity contribution is 5.35. The maximum atomic E-state index is 5.84. The molecule has 0 aromatic heterocycles. The van der Waals surface area contributed by atoms with Gasteiger partial charge in [0, 0.05) is 6.42 Å². The molecule has 1 aliphatic rings. The number of hydrogen-bond acceptors (Lipinski definition) is 2. The number of ether oxygens (including phenoxy) is 2. The molecule has 1 N–H and O–H groups in total. The quantitative estimate of drug-likeness (QED) is 0.788. The lowest BCUT2D eigenvalue weighted by Crippen LogP contribution is -3.14. The highest BCUT2D eigenvalue weighted by Gasteiger charge is 2.12. The SMILES string of the molecule is Cc1ccc(OCCC[NH+]2CCOCC2)c(C)c1. The Morgan fingerprint density at radius 1 is 1.22 bits per heavy atom. The van der Waals surface area contributed by atoms with Gasteiger partial charge in [-0.15, -0.1) is 0 Å². The minimum Gasteiger partial charge on any atom is -0.493 e. The summed E-state index contributed by atoms with van der Waals surface area (Å²) in [6.07, 6.45) is 1.11. The van der Waals surface area contributed by atoms with E-state index in [1.165, 1.54) is 17.7 Å². The highest BCUT2D eigenvalue weighted by atomic mass is 16.5. The van der Waals surface area contributed by atoms with Crippen LogP contribution in [0, 0.1) is 13.8 Å². The molecule has 3 heteroatoms. The maximum absolute atomic E-state index is 5.84. The molecule has 0 radical (unpaired) electrons. The fourth-order valence-corrected chi connectivity index (χ4v) is 2.38. The van der Waals surface area contributed by atoms with E-state index in [0.717, 1.165) is 45.1 Å². The molecule has 1 aromatic carbocycles. The van der Waals surface area contributed by atoms with Crippen LogP contribution in [-0.4, -0.2) is 39.5 Å². The first kappa shape index (κ1) is 13.4. The van der Waals surface area contributed by atoms with Crippen molar-refractivity contribution in [3.8, 4) is 5.75 Å². The first-order chi connectivity index (χ1) is 8.75. The van der Waals surface area contributed by atoms with Crippen LogP contribution in [-0.2, 0) is 4.74 Å². The zero-order valence-corrected chi connectivity index (χ0v) is 11.5. The van der Waals surface area contributed by atoms with E-state index >= 15 is 0 Å². The highest BCUT2D eigenvalue weighted by Crippen LogP contribution is 2.18. The van der Waals surface area contributed by atoms with Gasteiger partial charge in [-0.05, 0) is 25.5 Å². The smallest absolute Gasteiger partial charge is 0.122 e. The molecular formula is C15H24NO2+. The lowest BCUT2D eigenvalue weighted by atomic mass is 10.1. The number of quaternary nitrogens is 1. The molecule has 0 bridgehead atoms. The largest absolute Gasteiger partial charge is 0.493 e. The van der Waals surface area contributed by atoms with Gasteiger partial charge in [0.1, 0.15) is 18.8 Å². The van der Waals surface area contributed by atoms with Crippen molar-refractivity contribution in [3.05, 3.63) is 29.3 Å². The molecular weight excluding hydrogens is 226 g/mol. The number of benzene rings is 1. The van der Waals surface area contributed by atoms with Crippen molar-refractivity contribution in [2.24, 2.45) is 0 Å². The Hall–Kier alpha value is -1.06. The topological polar surface area (TPSA) is 22.9 Å². The van der Waals surface area contributed by atoms with Gasteiger partial charge in [0.05, 0.1) is 26.4 Å². The third-order valence-corrected chi connectivity index (χ3v) is 3.46. The second-order valence-electron chi connectivity index (χ2n) is 5.08. The number of nitrogens with one attached hydrogen (secondary N) is 1. The molecule has 1 heterocycles. The lowest BCUT2D eigenvalue weighted by molar-refractivity contribution is -0.908. The molecule has 0 amide bonds. The van der Waals surface area contributed by atoms with E-state index in [4.69, 9.17) is 9.47 Å². The van der Waals surface area contributed by atoms with Crippen molar-refractivity contribution in [1.82, 2.24) is 0 Å². The Balaban J connectivity index is 1.68. The van der Waals surface area contributed by atoms with Crippen LogP contribution in [0.1, 0.15) is 17.5 Å². The molecule has 3 nitrogen and oxygen atoms in total. The Morgan fingerprint density at radius 3 is 2.72 bits per heavy atom. The van der Waals surface area contributed by atoms with Crippen molar-refractivity contribution < 1.29 is 14.4 Å². The van der Waals surface area contributed by atoms with Crippen LogP contribution in [0.15, 0.2) is 18.2 Å². The van der Waals surface area contributed by atoms with Crippen LogP contribution >= 0.6 is 0 Å². The van der Waals surface area contributed by atoms with Crippen molar-refractivity contribution in [2.45, 2.75) is 20.3 Å². The summed E-state index contributed by atoms with van der Waals surface area (Å²) in [5.41, 5.74) is 2.52. The van der Waals surface area contributed by atoms with E-state index in [1.807, 2.05) is 0 Å². The van der Waals surface area contributed by atoms with Crippen molar-refractivity contribution >= 4 is 0 Å². The summed E-state index contributed by atoms with van der Waals surface area (Å²) in [5, 5.41) is 0. The van der Waals surface area contributed by atoms with Gasteiger partial charge in [0.2, 0.25) is 0 Å². The van der Waals surface area contributed by atoms with E-state index in [9.17, 15) is 0 Å². The van der Waals surface area contributed by atoms with Gasteiger partial charge in [-0.2, -0.15) is 0 Å². The fraction of sp³-hybridized carbons (Fsp3) is 0.600. The molecule has 18 heavy (non-hydrogen) atoms. The summed E-state index contributed by atoms with van der Waals surface area (Å²) < 4.78 is 11.2. The van der Waals surface area contributed by atoms with E-state index in [1.54, 1.807) is 4.90 Å². The number of hydrogen-bond donors (Lipinski definition) is 1. The molecule has 1 saturated heterocycles. The minimum absolute atomic E-state index is 0.814. The second-order valence-corrected chi connectivity index (χ2v) is 5.08.